The number of carbonyl (C=O) groups excluding carboxylic acids is 1. The molecule has 0 aliphatic heterocycles. The molecule has 0 aromatic heterocycles. The van der Waals surface area contributed by atoms with Gasteiger partial charge in [0.25, 0.3) is 5.91 Å². The number of carbonyl (C=O) groups is 1. The molecule has 0 atom stereocenters. The largest absolute Gasteiger partial charge is 0.493 e. The lowest BCUT2D eigenvalue weighted by Gasteiger charge is -2.14. The second kappa shape index (κ2) is 10.6. The quantitative estimate of drug-likeness (QED) is 0.249. The number of halogens is 2. The molecule has 0 spiro atoms. The smallest absolute Gasteiger partial charge is 0.262 e. The fourth-order valence-electron chi connectivity index (χ4n) is 2.80. The summed E-state index contributed by atoms with van der Waals surface area (Å²) in [5.41, 5.74) is 2.39. The van der Waals surface area contributed by atoms with Gasteiger partial charge in [-0.05, 0) is 76.2 Å². The summed E-state index contributed by atoms with van der Waals surface area (Å²) in [6.45, 7) is -0.185. The first-order valence-electron chi connectivity index (χ1n) is 9.23. The van der Waals surface area contributed by atoms with E-state index in [0.717, 1.165) is 0 Å². The predicted octanol–water partition coefficient (Wildman–Crippen LogP) is 5.52. The van der Waals surface area contributed by atoms with E-state index in [4.69, 9.17) is 9.47 Å². The van der Waals surface area contributed by atoms with Gasteiger partial charge in [0.1, 0.15) is 5.82 Å². The number of benzene rings is 3. The number of anilines is 1. The SMILES string of the molecule is COc1cc(C=C(C#N)c2ccc(F)cc2)cc(I)c1OCC(=O)Nc1ccccc1. The van der Waals surface area contributed by atoms with E-state index in [1.54, 1.807) is 36.4 Å². The van der Waals surface area contributed by atoms with Crippen LogP contribution in [0.2, 0.25) is 0 Å². The van der Waals surface area contributed by atoms with Crippen molar-refractivity contribution in [3.05, 3.63) is 87.2 Å². The number of hydrogen-bond acceptors (Lipinski definition) is 4. The number of nitrogens with one attached hydrogen (secondary N) is 1. The van der Waals surface area contributed by atoms with Crippen LogP contribution in [-0.2, 0) is 4.79 Å². The summed E-state index contributed by atoms with van der Waals surface area (Å²) >= 11 is 2.08. The molecule has 0 saturated carbocycles. The Balaban J connectivity index is 1.78. The van der Waals surface area contributed by atoms with E-state index in [1.165, 1.54) is 19.2 Å². The molecular weight excluding hydrogens is 510 g/mol. The van der Waals surface area contributed by atoms with Crippen molar-refractivity contribution in [3.8, 4) is 17.6 Å². The van der Waals surface area contributed by atoms with Gasteiger partial charge in [-0.2, -0.15) is 5.26 Å². The molecule has 0 fully saturated rings. The van der Waals surface area contributed by atoms with Crippen molar-refractivity contribution in [2.24, 2.45) is 0 Å². The number of hydrogen-bond donors (Lipinski definition) is 1. The summed E-state index contributed by atoms with van der Waals surface area (Å²) in [4.78, 5) is 12.2. The first kappa shape index (κ1) is 22.3. The molecule has 3 aromatic carbocycles. The second-order valence-electron chi connectivity index (χ2n) is 6.41. The molecule has 0 unspecified atom stereocenters. The number of ether oxygens (including phenoxy) is 2. The van der Waals surface area contributed by atoms with E-state index in [-0.39, 0.29) is 18.3 Å². The highest BCUT2D eigenvalue weighted by Crippen LogP contribution is 2.35. The fraction of sp³-hybridized carbons (Fsp3) is 0.0833. The lowest BCUT2D eigenvalue weighted by atomic mass is 10.0. The average Bonchev–Trinajstić information content (AvgIpc) is 2.77. The Morgan fingerprint density at radius 2 is 1.87 bits per heavy atom. The fourth-order valence-corrected chi connectivity index (χ4v) is 3.58. The van der Waals surface area contributed by atoms with Gasteiger partial charge in [-0.1, -0.05) is 30.3 Å². The van der Waals surface area contributed by atoms with Crippen molar-refractivity contribution in [1.82, 2.24) is 0 Å². The molecule has 1 amide bonds. The summed E-state index contributed by atoms with van der Waals surface area (Å²) in [6.07, 6.45) is 1.68. The Morgan fingerprint density at radius 1 is 1.16 bits per heavy atom. The van der Waals surface area contributed by atoms with E-state index in [2.05, 4.69) is 34.0 Å². The van der Waals surface area contributed by atoms with Crippen LogP contribution in [0.3, 0.4) is 0 Å². The number of amides is 1. The molecule has 5 nitrogen and oxygen atoms in total. The summed E-state index contributed by atoms with van der Waals surface area (Å²) in [7, 11) is 1.50. The summed E-state index contributed by atoms with van der Waals surface area (Å²) in [5, 5.41) is 12.3. The third-order valence-electron chi connectivity index (χ3n) is 4.24. The zero-order chi connectivity index (χ0) is 22.2. The maximum atomic E-state index is 13.2. The highest BCUT2D eigenvalue weighted by molar-refractivity contribution is 14.1. The Kier molecular flexibility index (Phi) is 7.62. The summed E-state index contributed by atoms with van der Waals surface area (Å²) in [5.74, 6) is 0.206. The molecule has 7 heteroatoms. The number of nitriles is 1. The Bertz CT molecular complexity index is 1140. The van der Waals surface area contributed by atoms with Crippen LogP contribution >= 0.6 is 22.6 Å². The number of allylic oxidation sites excluding steroid dienone is 1. The van der Waals surface area contributed by atoms with Crippen LogP contribution in [0.5, 0.6) is 11.5 Å². The summed E-state index contributed by atoms with van der Waals surface area (Å²) < 4.78 is 25.0. The highest BCUT2D eigenvalue weighted by Gasteiger charge is 2.14. The van der Waals surface area contributed by atoms with Crippen LogP contribution < -0.4 is 14.8 Å². The number of nitrogens with zero attached hydrogens (tertiary/aromatic N) is 1. The molecule has 0 aliphatic carbocycles. The number of methoxy groups -OCH3 is 1. The van der Waals surface area contributed by atoms with Crippen LogP contribution in [0, 0.1) is 20.7 Å². The minimum absolute atomic E-state index is 0.185. The first-order valence-corrected chi connectivity index (χ1v) is 10.3. The van der Waals surface area contributed by atoms with E-state index >= 15 is 0 Å². The molecule has 0 heterocycles. The number of para-hydroxylation sites is 1. The average molecular weight is 528 g/mol. The molecule has 0 saturated heterocycles. The summed E-state index contributed by atoms with van der Waals surface area (Å²) in [6, 6.07) is 20.5. The maximum Gasteiger partial charge on any atom is 0.262 e. The van der Waals surface area contributed by atoms with Gasteiger partial charge < -0.3 is 14.8 Å². The zero-order valence-corrected chi connectivity index (χ0v) is 18.7. The molecule has 0 radical (unpaired) electrons. The molecule has 1 N–H and O–H groups in total. The third-order valence-corrected chi connectivity index (χ3v) is 5.04. The van der Waals surface area contributed by atoms with Crippen molar-refractivity contribution in [2.45, 2.75) is 0 Å². The molecule has 3 rings (SSSR count). The maximum absolute atomic E-state index is 13.2. The first-order chi connectivity index (χ1) is 15.0. The van der Waals surface area contributed by atoms with E-state index in [9.17, 15) is 14.4 Å². The molecule has 3 aromatic rings. The number of rotatable bonds is 7. The van der Waals surface area contributed by atoms with Gasteiger partial charge in [-0.3, -0.25) is 4.79 Å². The minimum Gasteiger partial charge on any atom is -0.493 e. The molecule has 156 valence electrons. The van der Waals surface area contributed by atoms with Crippen LogP contribution in [-0.4, -0.2) is 19.6 Å². The van der Waals surface area contributed by atoms with E-state index in [0.29, 0.717) is 37.5 Å². The molecular formula is C24H18FIN2O3. The van der Waals surface area contributed by atoms with Gasteiger partial charge in [0.15, 0.2) is 18.1 Å². The Labute approximate surface area is 193 Å². The van der Waals surface area contributed by atoms with Crippen molar-refractivity contribution in [1.29, 1.82) is 5.26 Å². The Morgan fingerprint density at radius 3 is 2.52 bits per heavy atom. The second-order valence-corrected chi connectivity index (χ2v) is 7.58. The van der Waals surface area contributed by atoms with Gasteiger partial charge in [-0.25, -0.2) is 4.39 Å². The molecule has 31 heavy (non-hydrogen) atoms. The monoisotopic (exact) mass is 528 g/mol. The van der Waals surface area contributed by atoms with Gasteiger partial charge in [0.2, 0.25) is 0 Å². The van der Waals surface area contributed by atoms with Crippen molar-refractivity contribution < 1.29 is 18.7 Å². The lowest BCUT2D eigenvalue weighted by molar-refractivity contribution is -0.118. The van der Waals surface area contributed by atoms with Gasteiger partial charge >= 0.3 is 0 Å². The standard InChI is InChI=1S/C24H18FIN2O3/c1-30-22-13-16(11-18(14-27)17-7-9-19(25)10-8-17)12-21(26)24(22)31-15-23(29)28-20-5-3-2-4-6-20/h2-13H,15H2,1H3,(H,28,29). The van der Waals surface area contributed by atoms with Crippen LogP contribution in [0.25, 0.3) is 11.6 Å². The van der Waals surface area contributed by atoms with E-state index < -0.39 is 0 Å². The predicted molar refractivity (Wildman–Crippen MR) is 126 cm³/mol. The molecule has 0 bridgehead atoms. The lowest BCUT2D eigenvalue weighted by Crippen LogP contribution is -2.20. The van der Waals surface area contributed by atoms with Gasteiger partial charge in [0.05, 0.1) is 22.3 Å². The van der Waals surface area contributed by atoms with Crippen molar-refractivity contribution in [2.75, 3.05) is 19.0 Å². The normalized spacial score (nSPS) is 10.8. The van der Waals surface area contributed by atoms with Gasteiger partial charge in [0, 0.05) is 5.69 Å². The van der Waals surface area contributed by atoms with Crippen molar-refractivity contribution >= 4 is 45.8 Å². The van der Waals surface area contributed by atoms with E-state index in [1.807, 2.05) is 24.3 Å². The van der Waals surface area contributed by atoms with Crippen LogP contribution in [0.4, 0.5) is 10.1 Å². The molecule has 0 aliphatic rings. The van der Waals surface area contributed by atoms with Crippen LogP contribution in [0.1, 0.15) is 11.1 Å². The third kappa shape index (κ3) is 6.06. The Hall–Kier alpha value is -3.38. The van der Waals surface area contributed by atoms with Crippen LogP contribution in [0.15, 0.2) is 66.7 Å². The topological polar surface area (TPSA) is 71.3 Å². The van der Waals surface area contributed by atoms with Gasteiger partial charge in [-0.15, -0.1) is 0 Å². The highest BCUT2D eigenvalue weighted by atomic mass is 127. The minimum atomic E-state index is -0.366. The van der Waals surface area contributed by atoms with Crippen molar-refractivity contribution in [3.63, 3.8) is 0 Å². The zero-order valence-electron chi connectivity index (χ0n) is 16.6.